The van der Waals surface area contributed by atoms with Gasteiger partial charge in [0.1, 0.15) is 5.69 Å². The van der Waals surface area contributed by atoms with E-state index in [2.05, 4.69) is 26.7 Å². The second-order valence-electron chi connectivity index (χ2n) is 4.66. The van der Waals surface area contributed by atoms with Gasteiger partial charge in [0.25, 0.3) is 0 Å². The Labute approximate surface area is 112 Å². The highest BCUT2D eigenvalue weighted by molar-refractivity contribution is 6.28. The summed E-state index contributed by atoms with van der Waals surface area (Å²) < 4.78 is 5.43. The molecule has 0 radical (unpaired) electrons. The highest BCUT2D eigenvalue weighted by Gasteiger charge is 2.32. The number of rotatable bonds is 2. The molecule has 1 fully saturated rings. The Balaban J connectivity index is 1.91. The highest BCUT2D eigenvalue weighted by Crippen LogP contribution is 2.36. The Bertz CT molecular complexity index is 436. The van der Waals surface area contributed by atoms with Crippen LogP contribution in [0.25, 0.3) is 0 Å². The molecular weight excluding hydrogens is 252 g/mol. The van der Waals surface area contributed by atoms with Gasteiger partial charge in [-0.25, -0.2) is 4.98 Å². The summed E-state index contributed by atoms with van der Waals surface area (Å²) in [7, 11) is 0. The molecule has 18 heavy (non-hydrogen) atoms. The smallest absolute Gasteiger partial charge is 0.224 e. The topological polar surface area (TPSA) is 41.5 Å². The fourth-order valence-electron chi connectivity index (χ4n) is 2.66. The van der Waals surface area contributed by atoms with Crippen molar-refractivity contribution in [2.24, 2.45) is 0 Å². The average Bonchev–Trinajstić information content (AvgIpc) is 2.77. The molecule has 0 unspecified atom stereocenters. The highest BCUT2D eigenvalue weighted by atomic mass is 35.5. The van der Waals surface area contributed by atoms with Crippen LogP contribution in [0.3, 0.4) is 0 Å². The summed E-state index contributed by atoms with van der Waals surface area (Å²) in [6, 6.07) is 0.500. The summed E-state index contributed by atoms with van der Waals surface area (Å²) in [6.07, 6.45) is 3.94. The normalized spacial score (nSPS) is 20.3. The lowest BCUT2D eigenvalue weighted by Crippen LogP contribution is -2.42. The van der Waals surface area contributed by atoms with Crippen molar-refractivity contribution < 1.29 is 4.74 Å². The van der Waals surface area contributed by atoms with Crippen LogP contribution in [0.5, 0.6) is 0 Å². The summed E-state index contributed by atoms with van der Waals surface area (Å²) in [6.45, 7) is 5.65. The molecule has 2 aliphatic heterocycles. The zero-order chi connectivity index (χ0) is 12.5. The maximum absolute atomic E-state index is 5.93. The van der Waals surface area contributed by atoms with E-state index in [4.69, 9.17) is 16.3 Å². The first kappa shape index (κ1) is 12.0. The van der Waals surface area contributed by atoms with E-state index in [1.54, 1.807) is 0 Å². The first-order valence-electron chi connectivity index (χ1n) is 6.41. The molecule has 0 saturated carbocycles. The van der Waals surface area contributed by atoms with Gasteiger partial charge in [0.05, 0.1) is 12.9 Å². The van der Waals surface area contributed by atoms with Crippen molar-refractivity contribution >= 4 is 23.1 Å². The molecule has 0 atom stereocenters. The molecule has 0 bridgehead atoms. The van der Waals surface area contributed by atoms with Crippen LogP contribution in [0.1, 0.15) is 19.8 Å². The third-order valence-corrected chi connectivity index (χ3v) is 3.85. The number of hydrogen-bond acceptors (Lipinski definition) is 5. The largest absolute Gasteiger partial charge is 0.381 e. The van der Waals surface area contributed by atoms with E-state index < -0.39 is 0 Å². The minimum Gasteiger partial charge on any atom is -0.381 e. The Hall–Kier alpha value is -1.07. The van der Waals surface area contributed by atoms with Crippen LogP contribution in [-0.4, -0.2) is 42.4 Å². The fourth-order valence-corrected chi connectivity index (χ4v) is 2.79. The van der Waals surface area contributed by atoms with Crippen LogP contribution in [0.4, 0.5) is 11.5 Å². The second kappa shape index (κ2) is 4.90. The third kappa shape index (κ3) is 2.01. The van der Waals surface area contributed by atoms with Crippen LogP contribution in [0.2, 0.25) is 5.28 Å². The standard InChI is InChI=1S/C12H17ClN4O/c1-2-16-8-17(9-3-5-18-6-4-9)11-10(16)7-14-12(13)15-11/h7,9H,2-6,8H2,1H3. The molecule has 0 amide bonds. The van der Waals surface area contributed by atoms with Gasteiger partial charge in [-0.2, -0.15) is 4.98 Å². The van der Waals surface area contributed by atoms with Gasteiger partial charge in [0.15, 0.2) is 5.82 Å². The van der Waals surface area contributed by atoms with Crippen LogP contribution in [0, 0.1) is 0 Å². The minimum absolute atomic E-state index is 0.323. The zero-order valence-corrected chi connectivity index (χ0v) is 11.2. The van der Waals surface area contributed by atoms with E-state index in [-0.39, 0.29) is 0 Å². The van der Waals surface area contributed by atoms with E-state index in [9.17, 15) is 0 Å². The van der Waals surface area contributed by atoms with Crippen molar-refractivity contribution in [2.75, 3.05) is 36.2 Å². The SMILES string of the molecule is CCN1CN(C2CCOCC2)c2nc(Cl)ncc21. The van der Waals surface area contributed by atoms with Gasteiger partial charge in [-0.1, -0.05) is 0 Å². The molecule has 0 aromatic carbocycles. The van der Waals surface area contributed by atoms with Gasteiger partial charge in [0, 0.05) is 25.8 Å². The molecule has 98 valence electrons. The van der Waals surface area contributed by atoms with E-state index in [0.29, 0.717) is 11.3 Å². The van der Waals surface area contributed by atoms with Crippen LogP contribution >= 0.6 is 11.6 Å². The first-order chi connectivity index (χ1) is 8.79. The summed E-state index contributed by atoms with van der Waals surface area (Å²) >= 11 is 5.93. The van der Waals surface area contributed by atoms with Crippen molar-refractivity contribution in [3.8, 4) is 0 Å². The quantitative estimate of drug-likeness (QED) is 0.767. The number of fused-ring (bicyclic) bond motifs is 1. The summed E-state index contributed by atoms with van der Waals surface area (Å²) in [4.78, 5) is 13.1. The molecule has 1 saturated heterocycles. The maximum atomic E-state index is 5.93. The maximum Gasteiger partial charge on any atom is 0.224 e. The molecule has 2 aliphatic rings. The number of anilines is 2. The number of hydrogen-bond donors (Lipinski definition) is 0. The van der Waals surface area contributed by atoms with E-state index in [1.807, 2.05) is 6.20 Å². The number of aromatic nitrogens is 2. The molecule has 0 aliphatic carbocycles. The Morgan fingerprint density at radius 1 is 1.44 bits per heavy atom. The third-order valence-electron chi connectivity index (χ3n) is 3.67. The van der Waals surface area contributed by atoms with Crippen LogP contribution < -0.4 is 9.80 Å². The van der Waals surface area contributed by atoms with E-state index >= 15 is 0 Å². The van der Waals surface area contributed by atoms with Crippen molar-refractivity contribution in [1.29, 1.82) is 0 Å². The van der Waals surface area contributed by atoms with Gasteiger partial charge >= 0.3 is 0 Å². The molecule has 3 rings (SSSR count). The van der Waals surface area contributed by atoms with Gasteiger partial charge in [-0.05, 0) is 31.4 Å². The van der Waals surface area contributed by atoms with Crippen molar-refractivity contribution in [3.63, 3.8) is 0 Å². The lowest BCUT2D eigenvalue weighted by molar-refractivity contribution is 0.0846. The molecule has 1 aromatic heterocycles. The van der Waals surface area contributed by atoms with Crippen LogP contribution in [-0.2, 0) is 4.74 Å². The molecule has 6 heteroatoms. The molecule has 0 N–H and O–H groups in total. The predicted octanol–water partition coefficient (Wildman–Crippen LogP) is 1.91. The molecular formula is C12H17ClN4O. The number of halogens is 1. The Morgan fingerprint density at radius 3 is 2.94 bits per heavy atom. The summed E-state index contributed by atoms with van der Waals surface area (Å²) in [5.41, 5.74) is 1.09. The fraction of sp³-hybridized carbons (Fsp3) is 0.667. The van der Waals surface area contributed by atoms with Gasteiger partial charge in [0.2, 0.25) is 5.28 Å². The number of ether oxygens (including phenoxy) is 1. The molecule has 5 nitrogen and oxygen atoms in total. The monoisotopic (exact) mass is 268 g/mol. The summed E-state index contributed by atoms with van der Waals surface area (Å²) in [5, 5.41) is 0.323. The van der Waals surface area contributed by atoms with Crippen molar-refractivity contribution in [2.45, 2.75) is 25.8 Å². The Morgan fingerprint density at radius 2 is 2.22 bits per heavy atom. The molecule has 0 spiro atoms. The van der Waals surface area contributed by atoms with E-state index in [1.165, 1.54) is 0 Å². The summed E-state index contributed by atoms with van der Waals surface area (Å²) in [5.74, 6) is 0.976. The minimum atomic E-state index is 0.323. The molecule has 1 aromatic rings. The van der Waals surface area contributed by atoms with Gasteiger partial charge in [-0.3, -0.25) is 0 Å². The van der Waals surface area contributed by atoms with E-state index in [0.717, 1.165) is 50.8 Å². The predicted molar refractivity (Wildman–Crippen MR) is 71.2 cm³/mol. The molecule has 3 heterocycles. The second-order valence-corrected chi connectivity index (χ2v) is 5.00. The van der Waals surface area contributed by atoms with Crippen molar-refractivity contribution in [1.82, 2.24) is 9.97 Å². The van der Waals surface area contributed by atoms with Gasteiger partial charge in [-0.15, -0.1) is 0 Å². The lowest BCUT2D eigenvalue weighted by atomic mass is 10.1. The zero-order valence-electron chi connectivity index (χ0n) is 10.5. The first-order valence-corrected chi connectivity index (χ1v) is 6.79. The Kier molecular flexibility index (Phi) is 3.26. The van der Waals surface area contributed by atoms with Crippen molar-refractivity contribution in [3.05, 3.63) is 11.5 Å². The lowest BCUT2D eigenvalue weighted by Gasteiger charge is -2.32. The van der Waals surface area contributed by atoms with Gasteiger partial charge < -0.3 is 14.5 Å². The van der Waals surface area contributed by atoms with Crippen LogP contribution in [0.15, 0.2) is 6.20 Å². The average molecular weight is 269 g/mol. The number of nitrogens with zero attached hydrogens (tertiary/aromatic N) is 4.